The molecule has 1 atom stereocenters. The van der Waals surface area contributed by atoms with Gasteiger partial charge in [-0.1, -0.05) is 36.4 Å². The van der Waals surface area contributed by atoms with Crippen LogP contribution in [0.2, 0.25) is 0 Å². The fraction of sp³-hybridized carbons (Fsp3) is 0.333. The highest BCUT2D eigenvalue weighted by atomic mass is 16.6. The number of fused-ring (bicyclic) bond motifs is 1. The van der Waals surface area contributed by atoms with Gasteiger partial charge in [0.1, 0.15) is 5.60 Å². The molecule has 0 saturated carbocycles. The van der Waals surface area contributed by atoms with Crippen LogP contribution < -0.4 is 5.32 Å². The van der Waals surface area contributed by atoms with Crippen LogP contribution in [0.25, 0.3) is 0 Å². The van der Waals surface area contributed by atoms with Gasteiger partial charge in [-0.2, -0.15) is 0 Å². The van der Waals surface area contributed by atoms with Crippen LogP contribution in [0.3, 0.4) is 0 Å². The van der Waals surface area contributed by atoms with E-state index in [9.17, 15) is 15.2 Å². The summed E-state index contributed by atoms with van der Waals surface area (Å²) in [6, 6.07) is 13.2. The van der Waals surface area contributed by atoms with Crippen LogP contribution >= 0.6 is 0 Å². The molecule has 0 fully saturated rings. The SMILES string of the molecule is Cc1ccc(CNCC2(O)CCc3ccccc32)cc1[N+](=O)[O-]. The zero-order chi connectivity index (χ0) is 16.4. The van der Waals surface area contributed by atoms with Crippen molar-refractivity contribution in [3.8, 4) is 0 Å². The fourth-order valence-electron chi connectivity index (χ4n) is 3.23. The number of hydrogen-bond acceptors (Lipinski definition) is 4. The maximum Gasteiger partial charge on any atom is 0.272 e. The van der Waals surface area contributed by atoms with E-state index < -0.39 is 5.60 Å². The minimum atomic E-state index is -0.854. The van der Waals surface area contributed by atoms with Crippen molar-refractivity contribution >= 4 is 5.69 Å². The molecule has 2 aromatic rings. The third-order valence-corrected chi connectivity index (χ3v) is 4.54. The number of nitrogens with zero attached hydrogens (tertiary/aromatic N) is 1. The van der Waals surface area contributed by atoms with Gasteiger partial charge in [-0.15, -0.1) is 0 Å². The Morgan fingerprint density at radius 3 is 2.87 bits per heavy atom. The molecule has 120 valence electrons. The summed E-state index contributed by atoms with van der Waals surface area (Å²) < 4.78 is 0. The van der Waals surface area contributed by atoms with Crippen molar-refractivity contribution < 1.29 is 10.0 Å². The van der Waals surface area contributed by atoms with Gasteiger partial charge in [0, 0.05) is 24.7 Å². The number of aryl methyl sites for hydroxylation is 2. The lowest BCUT2D eigenvalue weighted by atomic mass is 9.96. The topological polar surface area (TPSA) is 75.4 Å². The summed E-state index contributed by atoms with van der Waals surface area (Å²) in [4.78, 5) is 10.6. The highest BCUT2D eigenvalue weighted by Gasteiger charge is 2.35. The summed E-state index contributed by atoms with van der Waals surface area (Å²) >= 11 is 0. The minimum absolute atomic E-state index is 0.134. The molecule has 3 rings (SSSR count). The van der Waals surface area contributed by atoms with Gasteiger partial charge < -0.3 is 10.4 Å². The van der Waals surface area contributed by atoms with Crippen molar-refractivity contribution in [3.63, 3.8) is 0 Å². The van der Waals surface area contributed by atoms with Gasteiger partial charge in [-0.3, -0.25) is 10.1 Å². The first-order valence-corrected chi connectivity index (χ1v) is 7.75. The number of nitro benzene ring substituents is 1. The lowest BCUT2D eigenvalue weighted by Gasteiger charge is -2.24. The molecule has 23 heavy (non-hydrogen) atoms. The minimum Gasteiger partial charge on any atom is -0.384 e. The van der Waals surface area contributed by atoms with Gasteiger partial charge in [0.15, 0.2) is 0 Å². The summed E-state index contributed by atoms with van der Waals surface area (Å²) in [6.07, 6.45) is 1.58. The molecule has 2 aromatic carbocycles. The lowest BCUT2D eigenvalue weighted by Crippen LogP contribution is -2.36. The van der Waals surface area contributed by atoms with Crippen molar-refractivity contribution in [2.75, 3.05) is 6.54 Å². The average Bonchev–Trinajstić information content (AvgIpc) is 2.87. The summed E-state index contributed by atoms with van der Waals surface area (Å²) in [7, 11) is 0. The first-order chi connectivity index (χ1) is 11.0. The molecule has 0 aromatic heterocycles. The number of nitrogens with one attached hydrogen (secondary N) is 1. The highest BCUT2D eigenvalue weighted by molar-refractivity contribution is 5.42. The molecule has 0 radical (unpaired) electrons. The van der Waals surface area contributed by atoms with Crippen molar-refractivity contribution in [3.05, 3.63) is 74.8 Å². The normalized spacial score (nSPS) is 19.6. The first kappa shape index (κ1) is 15.6. The second-order valence-electron chi connectivity index (χ2n) is 6.17. The second-order valence-corrected chi connectivity index (χ2v) is 6.17. The molecule has 0 aliphatic heterocycles. The Labute approximate surface area is 135 Å². The average molecular weight is 312 g/mol. The van der Waals surface area contributed by atoms with Crippen LogP contribution in [0.1, 0.15) is 28.7 Å². The van der Waals surface area contributed by atoms with Crippen LogP contribution in [0.5, 0.6) is 0 Å². The van der Waals surface area contributed by atoms with E-state index in [1.807, 2.05) is 24.3 Å². The molecular weight excluding hydrogens is 292 g/mol. The molecule has 5 nitrogen and oxygen atoms in total. The first-order valence-electron chi connectivity index (χ1n) is 7.75. The van der Waals surface area contributed by atoms with Gasteiger partial charge in [0.05, 0.1) is 4.92 Å². The molecule has 0 heterocycles. The van der Waals surface area contributed by atoms with Crippen LogP contribution in [0, 0.1) is 17.0 Å². The Kier molecular flexibility index (Phi) is 4.15. The van der Waals surface area contributed by atoms with E-state index in [2.05, 4.69) is 11.4 Å². The second kappa shape index (κ2) is 6.10. The van der Waals surface area contributed by atoms with Crippen LogP contribution in [-0.2, 0) is 18.6 Å². The van der Waals surface area contributed by atoms with Crippen LogP contribution in [-0.4, -0.2) is 16.6 Å². The quantitative estimate of drug-likeness (QED) is 0.657. The third-order valence-electron chi connectivity index (χ3n) is 4.54. The predicted molar refractivity (Wildman–Crippen MR) is 88.2 cm³/mol. The molecule has 1 aliphatic carbocycles. The largest absolute Gasteiger partial charge is 0.384 e. The number of rotatable bonds is 5. The summed E-state index contributed by atoms with van der Waals surface area (Å²) in [5, 5.41) is 25.1. The van der Waals surface area contributed by atoms with Gasteiger partial charge in [-0.25, -0.2) is 0 Å². The van der Waals surface area contributed by atoms with Crippen LogP contribution in [0.4, 0.5) is 5.69 Å². The number of hydrogen-bond donors (Lipinski definition) is 2. The highest BCUT2D eigenvalue weighted by Crippen LogP contribution is 2.36. The fourth-order valence-corrected chi connectivity index (χ4v) is 3.23. The van der Waals surface area contributed by atoms with Gasteiger partial charge >= 0.3 is 0 Å². The Morgan fingerprint density at radius 1 is 1.30 bits per heavy atom. The van der Waals surface area contributed by atoms with Gasteiger partial charge in [0.25, 0.3) is 5.69 Å². The standard InChI is InChI=1S/C18H20N2O3/c1-13-6-7-14(10-17(13)20(22)23)11-19-12-18(21)9-8-15-4-2-3-5-16(15)18/h2-7,10,19,21H,8-9,11-12H2,1H3. The molecule has 0 amide bonds. The van der Waals surface area contributed by atoms with Gasteiger partial charge in [-0.05, 0) is 36.5 Å². The third kappa shape index (κ3) is 3.11. The maximum absolute atomic E-state index is 11.0. The summed E-state index contributed by atoms with van der Waals surface area (Å²) in [5.41, 5.74) is 2.96. The molecule has 5 heteroatoms. The van der Waals surface area contributed by atoms with E-state index in [1.54, 1.807) is 19.1 Å². The molecule has 0 bridgehead atoms. The Hall–Kier alpha value is -2.24. The molecule has 0 saturated heterocycles. The molecule has 1 aliphatic rings. The van der Waals surface area contributed by atoms with E-state index in [-0.39, 0.29) is 10.6 Å². The van der Waals surface area contributed by atoms with E-state index in [4.69, 9.17) is 0 Å². The molecular formula is C18H20N2O3. The molecule has 1 unspecified atom stereocenters. The Bertz CT molecular complexity index is 745. The maximum atomic E-state index is 11.0. The molecule has 0 spiro atoms. The van der Waals surface area contributed by atoms with Crippen molar-refractivity contribution in [1.29, 1.82) is 0 Å². The zero-order valence-corrected chi connectivity index (χ0v) is 13.1. The van der Waals surface area contributed by atoms with Crippen molar-refractivity contribution in [2.24, 2.45) is 0 Å². The Balaban J connectivity index is 1.67. The Morgan fingerprint density at radius 2 is 2.09 bits per heavy atom. The van der Waals surface area contributed by atoms with E-state index in [0.29, 0.717) is 25.1 Å². The predicted octanol–water partition coefficient (Wildman–Crippen LogP) is 2.83. The number of aliphatic hydroxyl groups is 1. The van der Waals surface area contributed by atoms with Crippen molar-refractivity contribution in [1.82, 2.24) is 5.32 Å². The smallest absolute Gasteiger partial charge is 0.272 e. The monoisotopic (exact) mass is 312 g/mol. The van der Waals surface area contributed by atoms with E-state index in [1.165, 1.54) is 5.56 Å². The zero-order valence-electron chi connectivity index (χ0n) is 13.1. The number of nitro groups is 1. The summed E-state index contributed by atoms with van der Waals surface area (Å²) in [5.74, 6) is 0. The number of benzene rings is 2. The van der Waals surface area contributed by atoms with Crippen molar-refractivity contribution in [2.45, 2.75) is 31.9 Å². The summed E-state index contributed by atoms with van der Waals surface area (Å²) in [6.45, 7) is 2.66. The molecule has 2 N–H and O–H groups in total. The lowest BCUT2D eigenvalue weighted by molar-refractivity contribution is -0.385. The van der Waals surface area contributed by atoms with E-state index in [0.717, 1.165) is 17.5 Å². The van der Waals surface area contributed by atoms with Crippen LogP contribution in [0.15, 0.2) is 42.5 Å². The van der Waals surface area contributed by atoms with E-state index >= 15 is 0 Å². The van der Waals surface area contributed by atoms with Gasteiger partial charge in [0.2, 0.25) is 0 Å².